The number of allylic oxidation sites excluding steroid dienone is 2. The standard InChI is InChI=1S/C13H19N3O/c1-4-5-6-16-8-10-11(15-16)7-13(2,3)9-14-12(10)17/h4-5,8H,6-7,9H2,1-3H3,(H,14,17)/b5-4+. The first kappa shape index (κ1) is 11.9. The molecule has 1 aliphatic rings. The molecule has 2 heterocycles. The van der Waals surface area contributed by atoms with Crippen molar-refractivity contribution in [2.45, 2.75) is 33.7 Å². The number of carbonyl (C=O) groups is 1. The first-order valence-electron chi connectivity index (χ1n) is 5.97. The second-order valence-corrected chi connectivity index (χ2v) is 5.30. The van der Waals surface area contributed by atoms with E-state index in [1.54, 1.807) is 0 Å². The molecule has 0 aliphatic carbocycles. The monoisotopic (exact) mass is 233 g/mol. The van der Waals surface area contributed by atoms with Crippen molar-refractivity contribution in [3.05, 3.63) is 29.6 Å². The van der Waals surface area contributed by atoms with Gasteiger partial charge in [0.15, 0.2) is 0 Å². The summed E-state index contributed by atoms with van der Waals surface area (Å²) in [5, 5.41) is 7.45. The van der Waals surface area contributed by atoms with Crippen LogP contribution in [-0.2, 0) is 13.0 Å². The third-order valence-electron chi connectivity index (χ3n) is 2.98. The van der Waals surface area contributed by atoms with Gasteiger partial charge in [0.05, 0.1) is 17.8 Å². The summed E-state index contributed by atoms with van der Waals surface area (Å²) in [4.78, 5) is 11.9. The van der Waals surface area contributed by atoms with Crippen molar-refractivity contribution in [1.29, 1.82) is 0 Å². The van der Waals surface area contributed by atoms with E-state index in [2.05, 4.69) is 24.3 Å². The molecule has 2 rings (SSSR count). The van der Waals surface area contributed by atoms with Gasteiger partial charge in [-0.15, -0.1) is 0 Å². The van der Waals surface area contributed by atoms with E-state index in [-0.39, 0.29) is 11.3 Å². The van der Waals surface area contributed by atoms with E-state index in [0.717, 1.165) is 24.2 Å². The molecule has 0 radical (unpaired) electrons. The topological polar surface area (TPSA) is 46.9 Å². The fourth-order valence-corrected chi connectivity index (χ4v) is 2.02. The lowest BCUT2D eigenvalue weighted by Gasteiger charge is -2.21. The van der Waals surface area contributed by atoms with Gasteiger partial charge in [-0.2, -0.15) is 5.10 Å². The van der Waals surface area contributed by atoms with Crippen molar-refractivity contribution in [2.24, 2.45) is 5.41 Å². The van der Waals surface area contributed by atoms with Crippen molar-refractivity contribution < 1.29 is 4.79 Å². The lowest BCUT2D eigenvalue weighted by atomic mass is 9.88. The summed E-state index contributed by atoms with van der Waals surface area (Å²) in [5.74, 6) is -0.00250. The van der Waals surface area contributed by atoms with E-state index >= 15 is 0 Å². The fraction of sp³-hybridized carbons (Fsp3) is 0.538. The highest BCUT2D eigenvalue weighted by Crippen LogP contribution is 2.25. The van der Waals surface area contributed by atoms with Gasteiger partial charge in [-0.25, -0.2) is 0 Å². The van der Waals surface area contributed by atoms with Gasteiger partial charge in [0.25, 0.3) is 5.91 Å². The summed E-state index contributed by atoms with van der Waals surface area (Å²) in [6.45, 7) is 7.69. The molecule has 4 heteroatoms. The molecule has 17 heavy (non-hydrogen) atoms. The SMILES string of the molecule is C/C=C/Cn1cc2c(n1)CC(C)(C)CNC2=O. The highest BCUT2D eigenvalue weighted by atomic mass is 16.1. The molecule has 0 saturated carbocycles. The van der Waals surface area contributed by atoms with Gasteiger partial charge < -0.3 is 5.32 Å². The molecule has 4 nitrogen and oxygen atoms in total. The van der Waals surface area contributed by atoms with E-state index in [9.17, 15) is 4.79 Å². The van der Waals surface area contributed by atoms with E-state index in [1.165, 1.54) is 0 Å². The number of hydrogen-bond donors (Lipinski definition) is 1. The Morgan fingerprint density at radius 1 is 1.59 bits per heavy atom. The molecule has 1 aromatic rings. The molecule has 1 aliphatic heterocycles. The van der Waals surface area contributed by atoms with Crippen LogP contribution in [0, 0.1) is 5.41 Å². The smallest absolute Gasteiger partial charge is 0.254 e. The number of aromatic nitrogens is 2. The lowest BCUT2D eigenvalue weighted by molar-refractivity contribution is 0.0944. The lowest BCUT2D eigenvalue weighted by Crippen LogP contribution is -2.31. The van der Waals surface area contributed by atoms with Crippen molar-refractivity contribution in [3.63, 3.8) is 0 Å². The zero-order chi connectivity index (χ0) is 12.5. The van der Waals surface area contributed by atoms with E-state index < -0.39 is 0 Å². The summed E-state index contributed by atoms with van der Waals surface area (Å²) >= 11 is 0. The number of nitrogens with zero attached hydrogens (tertiary/aromatic N) is 2. The average Bonchev–Trinajstić information content (AvgIpc) is 2.61. The van der Waals surface area contributed by atoms with Gasteiger partial charge in [-0.1, -0.05) is 26.0 Å². The van der Waals surface area contributed by atoms with Crippen molar-refractivity contribution in [2.75, 3.05) is 6.54 Å². The van der Waals surface area contributed by atoms with Crippen LogP contribution in [0.2, 0.25) is 0 Å². The zero-order valence-electron chi connectivity index (χ0n) is 10.7. The van der Waals surface area contributed by atoms with Crippen LogP contribution < -0.4 is 5.32 Å². The Morgan fingerprint density at radius 2 is 2.35 bits per heavy atom. The summed E-state index contributed by atoms with van der Waals surface area (Å²) in [6.07, 6.45) is 6.68. The van der Waals surface area contributed by atoms with Crippen molar-refractivity contribution in [3.8, 4) is 0 Å². The summed E-state index contributed by atoms with van der Waals surface area (Å²) in [6, 6.07) is 0. The third-order valence-corrected chi connectivity index (χ3v) is 2.98. The van der Waals surface area contributed by atoms with Crippen molar-refractivity contribution in [1.82, 2.24) is 15.1 Å². The van der Waals surface area contributed by atoms with Crippen LogP contribution in [0.15, 0.2) is 18.3 Å². The number of carbonyl (C=O) groups excluding carboxylic acids is 1. The molecule has 0 saturated heterocycles. The number of rotatable bonds is 2. The molecule has 1 amide bonds. The maximum atomic E-state index is 11.9. The minimum atomic E-state index is -0.00250. The summed E-state index contributed by atoms with van der Waals surface area (Å²) < 4.78 is 1.83. The Morgan fingerprint density at radius 3 is 3.06 bits per heavy atom. The molecule has 1 N–H and O–H groups in total. The predicted octanol–water partition coefficient (Wildman–Crippen LogP) is 1.77. The molecule has 0 aromatic carbocycles. The van der Waals surface area contributed by atoms with Gasteiger partial charge in [0.1, 0.15) is 0 Å². The minimum absolute atomic E-state index is 0.00250. The average molecular weight is 233 g/mol. The maximum Gasteiger partial charge on any atom is 0.254 e. The quantitative estimate of drug-likeness (QED) is 0.791. The third kappa shape index (κ3) is 2.57. The molecule has 0 unspecified atom stereocenters. The highest BCUT2D eigenvalue weighted by molar-refractivity contribution is 5.95. The van der Waals surface area contributed by atoms with Crippen LogP contribution in [0.4, 0.5) is 0 Å². The number of fused-ring (bicyclic) bond motifs is 1. The zero-order valence-corrected chi connectivity index (χ0v) is 10.7. The molecule has 0 fully saturated rings. The molecule has 0 bridgehead atoms. The molecule has 1 aromatic heterocycles. The maximum absolute atomic E-state index is 11.9. The van der Waals surface area contributed by atoms with Gasteiger partial charge in [-0.3, -0.25) is 9.48 Å². The van der Waals surface area contributed by atoms with E-state index in [1.807, 2.05) is 30.0 Å². The Kier molecular flexibility index (Phi) is 3.05. The van der Waals surface area contributed by atoms with Crippen LogP contribution in [-0.4, -0.2) is 22.2 Å². The second-order valence-electron chi connectivity index (χ2n) is 5.30. The Bertz CT molecular complexity index is 457. The normalized spacial score (nSPS) is 18.9. The van der Waals surface area contributed by atoms with Gasteiger partial charge in [-0.05, 0) is 18.8 Å². The first-order chi connectivity index (χ1) is 8.02. The minimum Gasteiger partial charge on any atom is -0.351 e. The summed E-state index contributed by atoms with van der Waals surface area (Å²) in [7, 11) is 0. The van der Waals surface area contributed by atoms with E-state index in [4.69, 9.17) is 0 Å². The van der Waals surface area contributed by atoms with Crippen LogP contribution >= 0.6 is 0 Å². The molecule has 0 spiro atoms. The fourth-order valence-electron chi connectivity index (χ4n) is 2.02. The predicted molar refractivity (Wildman–Crippen MR) is 66.9 cm³/mol. The van der Waals surface area contributed by atoms with Crippen LogP contribution in [0.5, 0.6) is 0 Å². The molecular formula is C13H19N3O. The van der Waals surface area contributed by atoms with Crippen LogP contribution in [0.1, 0.15) is 36.8 Å². The van der Waals surface area contributed by atoms with Crippen LogP contribution in [0.3, 0.4) is 0 Å². The summed E-state index contributed by atoms with van der Waals surface area (Å²) in [5.41, 5.74) is 1.70. The highest BCUT2D eigenvalue weighted by Gasteiger charge is 2.29. The van der Waals surface area contributed by atoms with Gasteiger partial charge in [0, 0.05) is 12.7 Å². The number of amides is 1. The molecule has 92 valence electrons. The number of hydrogen-bond acceptors (Lipinski definition) is 2. The van der Waals surface area contributed by atoms with Gasteiger partial charge in [0.2, 0.25) is 0 Å². The van der Waals surface area contributed by atoms with Crippen LogP contribution in [0.25, 0.3) is 0 Å². The first-order valence-corrected chi connectivity index (χ1v) is 5.97. The number of nitrogens with one attached hydrogen (secondary N) is 1. The largest absolute Gasteiger partial charge is 0.351 e. The Labute approximate surface area is 102 Å². The van der Waals surface area contributed by atoms with Crippen molar-refractivity contribution >= 4 is 5.91 Å². The second kappa shape index (κ2) is 4.35. The molecule has 0 atom stereocenters. The molecular weight excluding hydrogens is 214 g/mol. The Hall–Kier alpha value is -1.58. The van der Waals surface area contributed by atoms with E-state index in [0.29, 0.717) is 6.54 Å². The Balaban J connectivity index is 2.31. The van der Waals surface area contributed by atoms with Gasteiger partial charge >= 0.3 is 0 Å².